The van der Waals surface area contributed by atoms with Gasteiger partial charge in [0.2, 0.25) is 10.0 Å². The summed E-state index contributed by atoms with van der Waals surface area (Å²) in [6.45, 7) is 2.86. The number of aryl methyl sites for hydroxylation is 1. The van der Waals surface area contributed by atoms with Crippen LogP contribution in [0.3, 0.4) is 0 Å². The van der Waals surface area contributed by atoms with Gasteiger partial charge < -0.3 is 5.32 Å². The zero-order valence-corrected chi connectivity index (χ0v) is 12.9. The zero-order valence-electron chi connectivity index (χ0n) is 12.1. The van der Waals surface area contributed by atoms with Gasteiger partial charge in [-0.25, -0.2) is 13.1 Å². The highest BCUT2D eigenvalue weighted by atomic mass is 32.2. The SMILES string of the molecule is CCNc1ccncc1S(=O)(=O)NCCc1ccnn1C. The fourth-order valence-electron chi connectivity index (χ4n) is 1.97. The van der Waals surface area contributed by atoms with E-state index in [1.54, 1.807) is 23.1 Å². The maximum atomic E-state index is 12.3. The molecule has 0 aliphatic carbocycles. The number of hydrogen-bond donors (Lipinski definition) is 2. The van der Waals surface area contributed by atoms with E-state index in [0.717, 1.165) is 5.69 Å². The van der Waals surface area contributed by atoms with Gasteiger partial charge in [0, 0.05) is 50.8 Å². The van der Waals surface area contributed by atoms with Crippen LogP contribution in [0.15, 0.2) is 35.6 Å². The minimum Gasteiger partial charge on any atom is -0.384 e. The van der Waals surface area contributed by atoms with Gasteiger partial charge in [-0.3, -0.25) is 9.67 Å². The Kier molecular flexibility index (Phi) is 4.92. The molecule has 0 fully saturated rings. The van der Waals surface area contributed by atoms with Crippen LogP contribution in [0.5, 0.6) is 0 Å². The Morgan fingerprint density at radius 3 is 2.76 bits per heavy atom. The Morgan fingerprint density at radius 2 is 2.10 bits per heavy atom. The number of sulfonamides is 1. The fraction of sp³-hybridized carbons (Fsp3) is 0.385. The Hall–Kier alpha value is -1.93. The Labute approximate surface area is 124 Å². The first kappa shape index (κ1) is 15.5. The molecule has 0 saturated carbocycles. The summed E-state index contributed by atoms with van der Waals surface area (Å²) < 4.78 is 29.0. The van der Waals surface area contributed by atoms with E-state index in [9.17, 15) is 8.42 Å². The van der Waals surface area contributed by atoms with Gasteiger partial charge in [0.25, 0.3) is 0 Å². The summed E-state index contributed by atoms with van der Waals surface area (Å²) in [5.74, 6) is 0. The summed E-state index contributed by atoms with van der Waals surface area (Å²) in [6, 6.07) is 3.52. The highest BCUT2D eigenvalue weighted by Gasteiger charge is 2.18. The minimum absolute atomic E-state index is 0.164. The second-order valence-corrected chi connectivity index (χ2v) is 6.23. The van der Waals surface area contributed by atoms with Crippen molar-refractivity contribution in [3.63, 3.8) is 0 Å². The number of hydrogen-bond acceptors (Lipinski definition) is 5. The Bertz CT molecular complexity index is 696. The van der Waals surface area contributed by atoms with Gasteiger partial charge in [0.15, 0.2) is 0 Å². The van der Waals surface area contributed by atoms with Gasteiger partial charge in [-0.05, 0) is 19.1 Å². The van der Waals surface area contributed by atoms with E-state index in [1.807, 2.05) is 20.0 Å². The predicted molar refractivity (Wildman–Crippen MR) is 80.5 cm³/mol. The van der Waals surface area contributed by atoms with E-state index < -0.39 is 10.0 Å². The second kappa shape index (κ2) is 6.68. The lowest BCUT2D eigenvalue weighted by Gasteiger charge is -2.11. The summed E-state index contributed by atoms with van der Waals surface area (Å²) in [5, 5.41) is 7.07. The van der Waals surface area contributed by atoms with Crippen molar-refractivity contribution < 1.29 is 8.42 Å². The molecule has 2 aromatic rings. The van der Waals surface area contributed by atoms with Crippen LogP contribution >= 0.6 is 0 Å². The molecule has 7 nitrogen and oxygen atoms in total. The van der Waals surface area contributed by atoms with Crippen molar-refractivity contribution in [1.82, 2.24) is 19.5 Å². The third kappa shape index (κ3) is 3.79. The molecule has 0 bridgehead atoms. The molecule has 0 spiro atoms. The molecule has 8 heteroatoms. The van der Waals surface area contributed by atoms with Gasteiger partial charge in [0.1, 0.15) is 4.90 Å². The normalized spacial score (nSPS) is 11.5. The van der Waals surface area contributed by atoms with Crippen molar-refractivity contribution >= 4 is 15.7 Å². The molecule has 0 amide bonds. The van der Waals surface area contributed by atoms with E-state index >= 15 is 0 Å². The van der Waals surface area contributed by atoms with E-state index in [2.05, 4.69) is 20.1 Å². The van der Waals surface area contributed by atoms with E-state index in [0.29, 0.717) is 25.2 Å². The molecule has 21 heavy (non-hydrogen) atoms. The van der Waals surface area contributed by atoms with E-state index in [1.165, 1.54) is 6.20 Å². The maximum absolute atomic E-state index is 12.3. The topological polar surface area (TPSA) is 88.9 Å². The molecule has 2 aromatic heterocycles. The van der Waals surface area contributed by atoms with Crippen molar-refractivity contribution in [2.75, 3.05) is 18.4 Å². The average molecular weight is 309 g/mol. The number of nitrogens with zero attached hydrogens (tertiary/aromatic N) is 3. The lowest BCUT2D eigenvalue weighted by Crippen LogP contribution is -2.27. The third-order valence-corrected chi connectivity index (χ3v) is 4.53. The first-order valence-corrected chi connectivity index (χ1v) is 8.17. The molecule has 0 atom stereocenters. The molecular weight excluding hydrogens is 290 g/mol. The summed E-state index contributed by atoms with van der Waals surface area (Å²) >= 11 is 0. The van der Waals surface area contributed by atoms with Gasteiger partial charge in [-0.2, -0.15) is 5.10 Å². The molecule has 0 saturated heterocycles. The molecule has 114 valence electrons. The molecule has 0 aromatic carbocycles. The van der Waals surface area contributed by atoms with Crippen molar-refractivity contribution in [3.05, 3.63) is 36.4 Å². The maximum Gasteiger partial charge on any atom is 0.244 e. The summed E-state index contributed by atoms with van der Waals surface area (Å²) in [7, 11) is -1.76. The fourth-order valence-corrected chi connectivity index (χ4v) is 3.12. The highest BCUT2D eigenvalue weighted by Crippen LogP contribution is 2.18. The number of rotatable bonds is 7. The predicted octanol–water partition coefficient (Wildman–Crippen LogP) is 0.768. The smallest absolute Gasteiger partial charge is 0.244 e. The third-order valence-electron chi connectivity index (χ3n) is 3.04. The molecule has 0 aliphatic heterocycles. The molecule has 0 aliphatic rings. The van der Waals surface area contributed by atoms with Crippen LogP contribution in [0.2, 0.25) is 0 Å². The van der Waals surface area contributed by atoms with Crippen LogP contribution in [0.1, 0.15) is 12.6 Å². The van der Waals surface area contributed by atoms with E-state index in [-0.39, 0.29) is 4.90 Å². The van der Waals surface area contributed by atoms with Gasteiger partial charge in [-0.15, -0.1) is 0 Å². The zero-order chi connectivity index (χ0) is 15.3. The monoisotopic (exact) mass is 309 g/mol. The van der Waals surface area contributed by atoms with Crippen LogP contribution < -0.4 is 10.0 Å². The quantitative estimate of drug-likeness (QED) is 0.788. The van der Waals surface area contributed by atoms with Crippen molar-refractivity contribution in [2.24, 2.45) is 7.05 Å². The van der Waals surface area contributed by atoms with Gasteiger partial charge in [0.05, 0.1) is 5.69 Å². The highest BCUT2D eigenvalue weighted by molar-refractivity contribution is 7.89. The van der Waals surface area contributed by atoms with Crippen LogP contribution in [0, 0.1) is 0 Å². The Morgan fingerprint density at radius 1 is 1.29 bits per heavy atom. The molecule has 2 heterocycles. The van der Waals surface area contributed by atoms with Crippen molar-refractivity contribution in [2.45, 2.75) is 18.2 Å². The van der Waals surface area contributed by atoms with Gasteiger partial charge >= 0.3 is 0 Å². The van der Waals surface area contributed by atoms with Crippen LogP contribution in [-0.4, -0.2) is 36.3 Å². The number of anilines is 1. The lowest BCUT2D eigenvalue weighted by atomic mass is 10.3. The molecule has 0 radical (unpaired) electrons. The van der Waals surface area contributed by atoms with Crippen LogP contribution in [-0.2, 0) is 23.5 Å². The van der Waals surface area contributed by atoms with E-state index in [4.69, 9.17) is 0 Å². The Balaban J connectivity index is 2.07. The van der Waals surface area contributed by atoms with Gasteiger partial charge in [-0.1, -0.05) is 0 Å². The molecule has 2 N–H and O–H groups in total. The van der Waals surface area contributed by atoms with Crippen molar-refractivity contribution in [3.8, 4) is 0 Å². The lowest BCUT2D eigenvalue weighted by molar-refractivity contribution is 0.579. The largest absolute Gasteiger partial charge is 0.384 e. The van der Waals surface area contributed by atoms with Crippen LogP contribution in [0.25, 0.3) is 0 Å². The number of nitrogens with one attached hydrogen (secondary N) is 2. The number of aromatic nitrogens is 3. The summed E-state index contributed by atoms with van der Waals surface area (Å²) in [6.07, 6.45) is 5.18. The molecule has 2 rings (SSSR count). The second-order valence-electron chi connectivity index (χ2n) is 4.50. The first-order chi connectivity index (χ1) is 10.0. The standard InChI is InChI=1S/C13H19N5O2S/c1-3-15-12-6-7-14-10-13(12)21(19,20)17-9-5-11-4-8-16-18(11)2/h4,6-8,10,17H,3,5,9H2,1-2H3,(H,14,15). The molecular formula is C13H19N5O2S. The first-order valence-electron chi connectivity index (χ1n) is 6.69. The summed E-state index contributed by atoms with van der Waals surface area (Å²) in [4.78, 5) is 4.06. The minimum atomic E-state index is -3.58. The summed E-state index contributed by atoms with van der Waals surface area (Å²) in [5.41, 5.74) is 1.52. The average Bonchev–Trinajstić information content (AvgIpc) is 2.85. The van der Waals surface area contributed by atoms with Crippen molar-refractivity contribution in [1.29, 1.82) is 0 Å². The molecule has 0 unspecified atom stereocenters. The number of pyridine rings is 1. The van der Waals surface area contributed by atoms with Crippen LogP contribution in [0.4, 0.5) is 5.69 Å².